The number of amides is 1. The van der Waals surface area contributed by atoms with Crippen LogP contribution in [0.4, 0.5) is 17.1 Å². The number of phenolic OH excluding ortho intramolecular Hbond substituents is 1. The van der Waals surface area contributed by atoms with Gasteiger partial charge in [-0.3, -0.25) is 14.5 Å². The third-order valence-electron chi connectivity index (χ3n) is 7.02. The molecule has 3 aromatic rings. The quantitative estimate of drug-likeness (QED) is 0.277. The molecule has 0 spiro atoms. The van der Waals surface area contributed by atoms with Crippen molar-refractivity contribution in [1.82, 2.24) is 0 Å². The molecule has 1 unspecified atom stereocenters. The van der Waals surface area contributed by atoms with Gasteiger partial charge in [-0.2, -0.15) is 0 Å². The Labute approximate surface area is 227 Å². The Bertz CT molecular complexity index is 1460. The number of rotatable bonds is 6. The van der Waals surface area contributed by atoms with Gasteiger partial charge in [0.15, 0.2) is 11.5 Å². The number of nitrogens with zero attached hydrogens (tertiary/aromatic N) is 3. The van der Waals surface area contributed by atoms with Crippen LogP contribution in [0.3, 0.4) is 0 Å². The van der Waals surface area contributed by atoms with Crippen molar-refractivity contribution in [1.29, 1.82) is 0 Å². The third-order valence-corrected chi connectivity index (χ3v) is 7.02. The van der Waals surface area contributed by atoms with E-state index in [1.807, 2.05) is 43.1 Å². The molecule has 1 fully saturated rings. The van der Waals surface area contributed by atoms with Crippen molar-refractivity contribution < 1.29 is 29.3 Å². The summed E-state index contributed by atoms with van der Waals surface area (Å²) >= 11 is 0. The second-order valence-electron chi connectivity index (χ2n) is 9.69. The minimum atomic E-state index is -0.958. The van der Waals surface area contributed by atoms with Crippen LogP contribution < -0.4 is 24.2 Å². The number of hydrogen-bond acceptors (Lipinski definition) is 8. The summed E-state index contributed by atoms with van der Waals surface area (Å²) in [6, 6.07) is 16.1. The standard InChI is InChI=1S/C30H31N3O6/c1-5-38-25-17-18(6-12-23(25)34)27-26(28(35)19-7-13-24-22(16-19)32(4)14-15-39-24)29(36)30(37)33(27)21-10-8-20(9-11-21)31(2)3/h6-13,16-17,27,34-35H,5,14-15H2,1-4H3/b28-26+. The van der Waals surface area contributed by atoms with Crippen molar-refractivity contribution >= 4 is 34.5 Å². The monoisotopic (exact) mass is 529 g/mol. The van der Waals surface area contributed by atoms with Crippen LogP contribution >= 0.6 is 0 Å². The second-order valence-corrected chi connectivity index (χ2v) is 9.69. The first-order chi connectivity index (χ1) is 18.7. The lowest BCUT2D eigenvalue weighted by atomic mass is 9.94. The van der Waals surface area contributed by atoms with E-state index in [2.05, 4.69) is 0 Å². The number of anilines is 3. The summed E-state index contributed by atoms with van der Waals surface area (Å²) in [6.07, 6.45) is 0. The van der Waals surface area contributed by atoms with E-state index in [-0.39, 0.29) is 22.8 Å². The fourth-order valence-electron chi connectivity index (χ4n) is 4.95. The maximum atomic E-state index is 13.6. The second kappa shape index (κ2) is 10.2. The lowest BCUT2D eigenvalue weighted by Gasteiger charge is -2.28. The average Bonchev–Trinajstić information content (AvgIpc) is 3.19. The Morgan fingerprint density at radius 1 is 1.08 bits per heavy atom. The van der Waals surface area contributed by atoms with E-state index < -0.39 is 17.7 Å². The van der Waals surface area contributed by atoms with Gasteiger partial charge in [0.1, 0.15) is 18.1 Å². The largest absolute Gasteiger partial charge is 0.507 e. The summed E-state index contributed by atoms with van der Waals surface area (Å²) < 4.78 is 11.3. The molecule has 9 heteroatoms. The number of ether oxygens (including phenoxy) is 2. The first-order valence-electron chi connectivity index (χ1n) is 12.7. The fraction of sp³-hybridized carbons (Fsp3) is 0.267. The number of ketones is 1. The topological polar surface area (TPSA) is 103 Å². The molecular weight excluding hydrogens is 498 g/mol. The molecular formula is C30H31N3O6. The Hall–Kier alpha value is -4.66. The van der Waals surface area contributed by atoms with E-state index in [4.69, 9.17) is 9.47 Å². The predicted octanol–water partition coefficient (Wildman–Crippen LogP) is 4.31. The zero-order valence-corrected chi connectivity index (χ0v) is 22.3. The number of carbonyl (C=O) groups is 2. The summed E-state index contributed by atoms with van der Waals surface area (Å²) in [4.78, 5) is 32.4. The van der Waals surface area contributed by atoms with Gasteiger partial charge in [-0.15, -0.1) is 0 Å². The van der Waals surface area contributed by atoms with Gasteiger partial charge in [0.2, 0.25) is 0 Å². The first kappa shape index (κ1) is 26.0. The average molecular weight is 530 g/mol. The van der Waals surface area contributed by atoms with E-state index in [0.717, 1.165) is 11.4 Å². The number of likely N-dealkylation sites (N-methyl/N-ethyl adjacent to an activating group) is 1. The summed E-state index contributed by atoms with van der Waals surface area (Å²) in [5, 5.41) is 21.9. The highest BCUT2D eigenvalue weighted by atomic mass is 16.5. The van der Waals surface area contributed by atoms with Crippen LogP contribution in [0.15, 0.2) is 66.2 Å². The van der Waals surface area contributed by atoms with Gasteiger partial charge in [-0.1, -0.05) is 6.07 Å². The third kappa shape index (κ3) is 4.60. The Morgan fingerprint density at radius 2 is 1.82 bits per heavy atom. The van der Waals surface area contributed by atoms with E-state index in [0.29, 0.717) is 42.3 Å². The van der Waals surface area contributed by atoms with Crippen LogP contribution in [0.2, 0.25) is 0 Å². The smallest absolute Gasteiger partial charge is 0.300 e. The molecule has 2 N–H and O–H groups in total. The summed E-state index contributed by atoms with van der Waals surface area (Å²) in [5.41, 5.74) is 3.04. The minimum Gasteiger partial charge on any atom is -0.507 e. The molecule has 0 bridgehead atoms. The number of aliphatic hydroxyl groups is 1. The lowest BCUT2D eigenvalue weighted by Crippen LogP contribution is -2.29. The number of hydrogen-bond donors (Lipinski definition) is 2. The van der Waals surface area contributed by atoms with Gasteiger partial charge in [0.05, 0.1) is 30.5 Å². The van der Waals surface area contributed by atoms with Crippen LogP contribution in [-0.4, -0.2) is 62.8 Å². The summed E-state index contributed by atoms with van der Waals surface area (Å²) in [5.74, 6) is -1.02. The van der Waals surface area contributed by atoms with Crippen LogP contribution in [-0.2, 0) is 9.59 Å². The van der Waals surface area contributed by atoms with E-state index >= 15 is 0 Å². The van der Waals surface area contributed by atoms with E-state index in [1.165, 1.54) is 11.0 Å². The highest BCUT2D eigenvalue weighted by Crippen LogP contribution is 2.45. The van der Waals surface area contributed by atoms with Crippen LogP contribution in [0.1, 0.15) is 24.1 Å². The molecule has 0 aliphatic carbocycles. The molecule has 0 saturated carbocycles. The fourth-order valence-corrected chi connectivity index (χ4v) is 4.95. The molecule has 9 nitrogen and oxygen atoms in total. The van der Waals surface area contributed by atoms with Gasteiger partial charge in [-0.25, -0.2) is 0 Å². The van der Waals surface area contributed by atoms with Crippen molar-refractivity contribution in [3.05, 3.63) is 77.4 Å². The molecule has 2 aliphatic rings. The van der Waals surface area contributed by atoms with Crippen molar-refractivity contribution in [3.63, 3.8) is 0 Å². The Morgan fingerprint density at radius 3 is 2.51 bits per heavy atom. The first-order valence-corrected chi connectivity index (χ1v) is 12.7. The molecule has 0 radical (unpaired) electrons. The maximum Gasteiger partial charge on any atom is 0.300 e. The lowest BCUT2D eigenvalue weighted by molar-refractivity contribution is -0.132. The molecule has 39 heavy (non-hydrogen) atoms. The van der Waals surface area contributed by atoms with E-state index in [9.17, 15) is 19.8 Å². The number of carbonyl (C=O) groups excluding carboxylic acids is 2. The predicted molar refractivity (Wildman–Crippen MR) is 150 cm³/mol. The Kier molecular flexibility index (Phi) is 6.82. The molecule has 202 valence electrons. The molecule has 2 heterocycles. The highest BCUT2D eigenvalue weighted by molar-refractivity contribution is 6.51. The molecule has 1 atom stereocenters. The minimum absolute atomic E-state index is 0.0517. The number of fused-ring (bicyclic) bond motifs is 1. The van der Waals surface area contributed by atoms with E-state index in [1.54, 1.807) is 49.4 Å². The summed E-state index contributed by atoms with van der Waals surface area (Å²) in [7, 11) is 5.75. The number of Topliss-reactive ketones (excluding diaryl/α,β-unsaturated/α-hetero) is 1. The molecule has 1 amide bonds. The van der Waals surface area contributed by atoms with Gasteiger partial charge < -0.3 is 29.5 Å². The molecule has 1 saturated heterocycles. The number of phenols is 1. The molecule has 2 aliphatic heterocycles. The molecule has 5 rings (SSSR count). The molecule has 3 aromatic carbocycles. The van der Waals surface area contributed by atoms with Gasteiger partial charge in [0.25, 0.3) is 11.7 Å². The van der Waals surface area contributed by atoms with Crippen LogP contribution in [0.25, 0.3) is 5.76 Å². The van der Waals surface area contributed by atoms with Gasteiger partial charge in [-0.05, 0) is 67.1 Å². The van der Waals surface area contributed by atoms with Crippen LogP contribution in [0, 0.1) is 0 Å². The summed E-state index contributed by atoms with van der Waals surface area (Å²) in [6.45, 7) is 3.34. The highest BCUT2D eigenvalue weighted by Gasteiger charge is 2.47. The van der Waals surface area contributed by atoms with Gasteiger partial charge >= 0.3 is 0 Å². The molecule has 0 aromatic heterocycles. The number of aromatic hydroxyl groups is 1. The van der Waals surface area contributed by atoms with Crippen molar-refractivity contribution in [2.75, 3.05) is 55.6 Å². The zero-order valence-electron chi connectivity index (χ0n) is 22.3. The SMILES string of the molecule is CCOc1cc(C2/C(=C(\O)c3ccc4c(c3)N(C)CCO4)C(=O)C(=O)N2c2ccc(N(C)C)cc2)ccc1O. The van der Waals surface area contributed by atoms with Crippen molar-refractivity contribution in [2.24, 2.45) is 0 Å². The van der Waals surface area contributed by atoms with Crippen molar-refractivity contribution in [2.45, 2.75) is 13.0 Å². The Balaban J connectivity index is 1.69. The number of benzene rings is 3. The maximum absolute atomic E-state index is 13.6. The normalized spacial score (nSPS) is 18.1. The van der Waals surface area contributed by atoms with Crippen molar-refractivity contribution in [3.8, 4) is 17.2 Å². The van der Waals surface area contributed by atoms with Gasteiger partial charge in [0, 0.05) is 38.1 Å². The van der Waals surface area contributed by atoms with Crippen LogP contribution in [0.5, 0.6) is 17.2 Å². The zero-order chi connectivity index (χ0) is 27.8. The number of aliphatic hydroxyl groups excluding tert-OH is 1.